The molecule has 1 heterocycles. The minimum atomic E-state index is -3.84. The van der Waals surface area contributed by atoms with Gasteiger partial charge in [-0.15, -0.1) is 11.3 Å². The molecule has 1 aromatic heterocycles. The molecule has 8 heteroatoms. The van der Waals surface area contributed by atoms with Crippen LogP contribution in [0.15, 0.2) is 45.1 Å². The Bertz CT molecular complexity index is 725. The number of sulfonamides is 1. The Morgan fingerprint density at radius 2 is 1.85 bits per heavy atom. The van der Waals surface area contributed by atoms with Crippen LogP contribution in [0, 0.1) is 0 Å². The average molecular weight is 395 g/mol. The van der Waals surface area contributed by atoms with Crippen LogP contribution in [-0.4, -0.2) is 14.3 Å². The first-order chi connectivity index (χ1) is 9.37. The first-order valence-electron chi connectivity index (χ1n) is 5.42. The molecule has 1 amide bonds. The van der Waals surface area contributed by atoms with Crippen LogP contribution in [0.3, 0.4) is 0 Å². The van der Waals surface area contributed by atoms with Crippen LogP contribution < -0.4 is 4.72 Å². The monoisotopic (exact) mass is 393 g/mol. The highest BCUT2D eigenvalue weighted by molar-refractivity contribution is 9.10. The zero-order chi connectivity index (χ0) is 14.8. The van der Waals surface area contributed by atoms with Crippen molar-refractivity contribution in [1.29, 1.82) is 0 Å². The normalized spacial score (nSPS) is 11.3. The lowest BCUT2D eigenvalue weighted by atomic mass is 10.1. The number of amides is 1. The van der Waals surface area contributed by atoms with Crippen molar-refractivity contribution in [3.63, 3.8) is 0 Å². The van der Waals surface area contributed by atoms with E-state index in [1.807, 2.05) is 4.72 Å². The Labute approximate surface area is 134 Å². The van der Waals surface area contributed by atoms with Crippen molar-refractivity contribution in [2.45, 2.75) is 10.6 Å². The number of carbonyl (C=O) groups is 1. The van der Waals surface area contributed by atoms with E-state index in [2.05, 4.69) is 15.9 Å². The molecule has 1 aromatic carbocycles. The second-order valence-corrected chi connectivity index (χ2v) is 8.43. The SMILES string of the molecule is O=C(Cc1ccc(Br)cc1)NS(=O)(=O)c1ccc(Cl)s1. The Hall–Kier alpha value is -0.890. The highest BCUT2D eigenvalue weighted by atomic mass is 79.9. The average Bonchev–Trinajstić information content (AvgIpc) is 2.79. The number of rotatable bonds is 4. The molecule has 0 aliphatic carbocycles. The maximum Gasteiger partial charge on any atom is 0.273 e. The third kappa shape index (κ3) is 4.05. The molecule has 0 bridgehead atoms. The molecule has 20 heavy (non-hydrogen) atoms. The first kappa shape index (κ1) is 15.5. The number of benzene rings is 1. The van der Waals surface area contributed by atoms with E-state index in [1.165, 1.54) is 12.1 Å². The van der Waals surface area contributed by atoms with Crippen molar-refractivity contribution in [2.24, 2.45) is 0 Å². The van der Waals surface area contributed by atoms with E-state index in [0.29, 0.717) is 4.34 Å². The molecule has 0 radical (unpaired) electrons. The Morgan fingerprint density at radius 1 is 1.20 bits per heavy atom. The van der Waals surface area contributed by atoms with Crippen LogP contribution in [0.25, 0.3) is 0 Å². The lowest BCUT2D eigenvalue weighted by Gasteiger charge is -2.05. The first-order valence-corrected chi connectivity index (χ1v) is 8.89. The van der Waals surface area contributed by atoms with Crippen LogP contribution in [0.2, 0.25) is 4.34 Å². The highest BCUT2D eigenvalue weighted by Gasteiger charge is 2.19. The predicted octanol–water partition coefficient (Wildman–Crippen LogP) is 3.21. The molecule has 0 unspecified atom stereocenters. The topological polar surface area (TPSA) is 63.2 Å². The van der Waals surface area contributed by atoms with E-state index in [0.717, 1.165) is 21.4 Å². The predicted molar refractivity (Wildman–Crippen MR) is 82.5 cm³/mol. The van der Waals surface area contributed by atoms with Crippen LogP contribution >= 0.6 is 38.9 Å². The quantitative estimate of drug-likeness (QED) is 0.866. The van der Waals surface area contributed by atoms with Crippen molar-refractivity contribution in [2.75, 3.05) is 0 Å². The number of hydrogen-bond acceptors (Lipinski definition) is 4. The summed E-state index contributed by atoms with van der Waals surface area (Å²) in [4.78, 5) is 11.8. The minimum Gasteiger partial charge on any atom is -0.274 e. The minimum absolute atomic E-state index is 0.00832. The van der Waals surface area contributed by atoms with E-state index in [-0.39, 0.29) is 10.6 Å². The van der Waals surface area contributed by atoms with Crippen LogP contribution in [0.5, 0.6) is 0 Å². The van der Waals surface area contributed by atoms with Gasteiger partial charge in [0.25, 0.3) is 10.0 Å². The van der Waals surface area contributed by atoms with Gasteiger partial charge in [-0.3, -0.25) is 4.79 Å². The number of thiophene rings is 1. The maximum absolute atomic E-state index is 11.9. The van der Waals surface area contributed by atoms with E-state index < -0.39 is 15.9 Å². The van der Waals surface area contributed by atoms with Crippen molar-refractivity contribution in [3.05, 3.63) is 50.8 Å². The summed E-state index contributed by atoms with van der Waals surface area (Å²) in [6, 6.07) is 9.91. The molecule has 2 aromatic rings. The Kier molecular flexibility index (Phi) is 4.85. The molecule has 0 aliphatic rings. The van der Waals surface area contributed by atoms with Gasteiger partial charge >= 0.3 is 0 Å². The fourth-order valence-corrected chi connectivity index (χ4v) is 4.20. The van der Waals surface area contributed by atoms with Gasteiger partial charge in [0.1, 0.15) is 4.21 Å². The summed E-state index contributed by atoms with van der Waals surface area (Å²) in [5.74, 6) is -0.586. The molecule has 0 fully saturated rings. The third-order valence-electron chi connectivity index (χ3n) is 2.34. The van der Waals surface area contributed by atoms with E-state index >= 15 is 0 Å². The number of nitrogens with one attached hydrogen (secondary N) is 1. The van der Waals surface area contributed by atoms with Gasteiger partial charge in [0.05, 0.1) is 10.8 Å². The van der Waals surface area contributed by atoms with Crippen molar-refractivity contribution >= 4 is 54.8 Å². The van der Waals surface area contributed by atoms with Crippen LogP contribution in [0.4, 0.5) is 0 Å². The number of halogens is 2. The molecule has 0 saturated heterocycles. The zero-order valence-corrected chi connectivity index (χ0v) is 13.9. The zero-order valence-electron chi connectivity index (χ0n) is 9.97. The molecule has 0 saturated carbocycles. The smallest absolute Gasteiger partial charge is 0.273 e. The van der Waals surface area contributed by atoms with Gasteiger partial charge in [0.2, 0.25) is 5.91 Å². The molecule has 1 N–H and O–H groups in total. The van der Waals surface area contributed by atoms with Crippen molar-refractivity contribution in [3.8, 4) is 0 Å². The summed E-state index contributed by atoms with van der Waals surface area (Å²) in [5.41, 5.74) is 0.727. The molecule has 4 nitrogen and oxygen atoms in total. The third-order valence-corrected chi connectivity index (χ3v) is 5.96. The van der Waals surface area contributed by atoms with Gasteiger partial charge in [-0.2, -0.15) is 0 Å². The molecule has 2 rings (SSSR count). The summed E-state index contributed by atoms with van der Waals surface area (Å²) in [7, 11) is -3.84. The van der Waals surface area contributed by atoms with Gasteiger partial charge in [0, 0.05) is 4.47 Å². The molecule has 0 spiro atoms. The summed E-state index contributed by atoms with van der Waals surface area (Å²) >= 11 is 9.87. The lowest BCUT2D eigenvalue weighted by molar-refractivity contribution is -0.118. The largest absolute Gasteiger partial charge is 0.274 e. The molecule has 0 aliphatic heterocycles. The maximum atomic E-state index is 11.9. The van der Waals surface area contributed by atoms with E-state index in [4.69, 9.17) is 11.6 Å². The summed E-state index contributed by atoms with van der Waals surface area (Å²) in [6.07, 6.45) is -0.00832. The van der Waals surface area contributed by atoms with Gasteiger partial charge < -0.3 is 0 Å². The number of carbonyl (C=O) groups excluding carboxylic acids is 1. The van der Waals surface area contributed by atoms with Crippen LogP contribution in [-0.2, 0) is 21.2 Å². The van der Waals surface area contributed by atoms with Gasteiger partial charge in [0.15, 0.2) is 0 Å². The van der Waals surface area contributed by atoms with Crippen molar-refractivity contribution in [1.82, 2.24) is 4.72 Å². The molecular formula is C12H9BrClNO3S2. The molecule has 0 atom stereocenters. The fraction of sp³-hybridized carbons (Fsp3) is 0.0833. The van der Waals surface area contributed by atoms with E-state index in [9.17, 15) is 13.2 Å². The highest BCUT2D eigenvalue weighted by Crippen LogP contribution is 2.25. The molecular weight excluding hydrogens is 386 g/mol. The summed E-state index contributed by atoms with van der Waals surface area (Å²) < 4.78 is 27.1. The summed E-state index contributed by atoms with van der Waals surface area (Å²) in [6.45, 7) is 0. The number of hydrogen-bond donors (Lipinski definition) is 1. The fourth-order valence-electron chi connectivity index (χ4n) is 1.47. The lowest BCUT2D eigenvalue weighted by Crippen LogP contribution is -2.31. The molecule has 106 valence electrons. The second kappa shape index (κ2) is 6.26. The van der Waals surface area contributed by atoms with Gasteiger partial charge in [-0.05, 0) is 29.8 Å². The van der Waals surface area contributed by atoms with E-state index in [1.54, 1.807) is 24.3 Å². The standard InChI is InChI=1S/C12H9BrClNO3S2/c13-9-3-1-8(2-4-9)7-11(16)15-20(17,18)12-6-5-10(14)19-12/h1-6H,7H2,(H,15,16). The Morgan fingerprint density at radius 3 is 2.40 bits per heavy atom. The second-order valence-electron chi connectivity index (χ2n) is 3.89. The van der Waals surface area contributed by atoms with Crippen molar-refractivity contribution < 1.29 is 13.2 Å². The van der Waals surface area contributed by atoms with Gasteiger partial charge in [-0.1, -0.05) is 39.7 Å². The van der Waals surface area contributed by atoms with Crippen LogP contribution in [0.1, 0.15) is 5.56 Å². The Balaban J connectivity index is 2.06. The van der Waals surface area contributed by atoms with Gasteiger partial charge in [-0.25, -0.2) is 13.1 Å². The summed E-state index contributed by atoms with van der Waals surface area (Å²) in [5, 5.41) is 0.